The highest BCUT2D eigenvalue weighted by atomic mass is 32.2. The second-order valence-corrected chi connectivity index (χ2v) is 7.67. The van der Waals surface area contributed by atoms with Gasteiger partial charge in [-0.05, 0) is 29.8 Å². The van der Waals surface area contributed by atoms with Crippen LogP contribution in [0.25, 0.3) is 6.08 Å². The third-order valence-electron chi connectivity index (χ3n) is 2.76. The van der Waals surface area contributed by atoms with Gasteiger partial charge in [0, 0.05) is 0 Å². The smallest absolute Gasteiger partial charge is 0.255 e. The molecule has 2 aromatic carbocycles. The summed E-state index contributed by atoms with van der Waals surface area (Å²) in [6, 6.07) is 11.3. The van der Waals surface area contributed by atoms with Crippen LogP contribution in [0.3, 0.4) is 0 Å². The second-order valence-electron chi connectivity index (χ2n) is 4.55. The van der Waals surface area contributed by atoms with E-state index in [1.807, 2.05) is 4.72 Å². The Hall–Kier alpha value is -2.23. The molecular weight excluding hydrogens is 343 g/mol. The number of halogens is 1. The summed E-state index contributed by atoms with van der Waals surface area (Å²) in [7, 11) is -8.02. The first-order chi connectivity index (χ1) is 10.7. The van der Waals surface area contributed by atoms with E-state index in [0.717, 1.165) is 17.5 Å². The number of benzene rings is 2. The Morgan fingerprint density at radius 3 is 2.22 bits per heavy atom. The molecule has 122 valence electrons. The zero-order chi connectivity index (χ0) is 17.1. The molecule has 9 heteroatoms. The van der Waals surface area contributed by atoms with Gasteiger partial charge in [0.2, 0.25) is 10.0 Å². The highest BCUT2D eigenvalue weighted by Gasteiger charge is 2.14. The molecule has 0 saturated carbocycles. The molecule has 3 N–H and O–H groups in total. The van der Waals surface area contributed by atoms with Crippen molar-refractivity contribution in [2.45, 2.75) is 4.90 Å². The molecule has 2 aromatic rings. The number of hydrogen-bond donors (Lipinski definition) is 2. The van der Waals surface area contributed by atoms with E-state index in [1.54, 1.807) is 30.3 Å². The first-order valence-electron chi connectivity index (χ1n) is 6.26. The van der Waals surface area contributed by atoms with E-state index in [-0.39, 0.29) is 5.69 Å². The van der Waals surface area contributed by atoms with Gasteiger partial charge in [-0.25, -0.2) is 26.4 Å². The summed E-state index contributed by atoms with van der Waals surface area (Å²) in [6.07, 6.45) is 1.35. The van der Waals surface area contributed by atoms with Gasteiger partial charge in [0.1, 0.15) is 5.82 Å². The van der Waals surface area contributed by atoms with Gasteiger partial charge in [0.15, 0.2) is 0 Å². The van der Waals surface area contributed by atoms with Crippen LogP contribution in [0.1, 0.15) is 5.56 Å². The summed E-state index contributed by atoms with van der Waals surface area (Å²) >= 11 is 0. The average molecular weight is 356 g/mol. The molecule has 0 saturated heterocycles. The lowest BCUT2D eigenvalue weighted by Crippen LogP contribution is -2.14. The number of primary sulfonamides is 1. The minimum absolute atomic E-state index is 0.380. The number of rotatable bonds is 5. The molecule has 0 radical (unpaired) electrons. The van der Waals surface area contributed by atoms with Gasteiger partial charge in [-0.3, -0.25) is 4.72 Å². The second kappa shape index (κ2) is 6.49. The molecular formula is C14H13FN2O4S2. The van der Waals surface area contributed by atoms with Crippen LogP contribution in [0.4, 0.5) is 10.1 Å². The molecule has 23 heavy (non-hydrogen) atoms. The van der Waals surface area contributed by atoms with Crippen molar-refractivity contribution in [3.05, 3.63) is 65.3 Å². The van der Waals surface area contributed by atoms with Crippen molar-refractivity contribution in [1.82, 2.24) is 0 Å². The fraction of sp³-hybridized carbons (Fsp3) is 0. The monoisotopic (exact) mass is 356 g/mol. The molecule has 0 bridgehead atoms. The summed E-state index contributed by atoms with van der Waals surface area (Å²) in [5.74, 6) is -1.05. The molecule has 0 atom stereocenters. The van der Waals surface area contributed by atoms with E-state index in [2.05, 4.69) is 0 Å². The summed E-state index contributed by atoms with van der Waals surface area (Å²) in [5, 5.41) is 5.76. The normalized spacial score (nSPS) is 12.4. The Balaban J connectivity index is 2.23. The predicted octanol–water partition coefficient (Wildman–Crippen LogP) is 1.89. The van der Waals surface area contributed by atoms with Crippen LogP contribution >= 0.6 is 0 Å². The minimum Gasteiger partial charge on any atom is -0.277 e. The quantitative estimate of drug-likeness (QED) is 0.853. The van der Waals surface area contributed by atoms with E-state index in [4.69, 9.17) is 5.14 Å². The van der Waals surface area contributed by atoms with E-state index >= 15 is 0 Å². The highest BCUT2D eigenvalue weighted by Crippen LogP contribution is 2.19. The van der Waals surface area contributed by atoms with Crippen LogP contribution in [0, 0.1) is 5.82 Å². The van der Waals surface area contributed by atoms with Crippen LogP contribution in [0.2, 0.25) is 0 Å². The molecule has 0 spiro atoms. The Labute approximate surface area is 133 Å². The Kier molecular flexibility index (Phi) is 4.83. The molecule has 0 aromatic heterocycles. The Bertz CT molecular complexity index is 940. The lowest BCUT2D eigenvalue weighted by Gasteiger charge is -2.07. The fourth-order valence-corrected chi connectivity index (χ4v) is 3.08. The third kappa shape index (κ3) is 4.88. The van der Waals surface area contributed by atoms with Crippen molar-refractivity contribution in [1.29, 1.82) is 0 Å². The maximum absolute atomic E-state index is 13.8. The van der Waals surface area contributed by atoms with E-state index in [0.29, 0.717) is 11.6 Å². The Morgan fingerprint density at radius 1 is 1.00 bits per heavy atom. The molecule has 2 rings (SSSR count). The topological polar surface area (TPSA) is 106 Å². The van der Waals surface area contributed by atoms with Crippen molar-refractivity contribution in [2.24, 2.45) is 5.14 Å². The summed E-state index contributed by atoms with van der Waals surface area (Å²) in [5.41, 5.74) is 0.276. The lowest BCUT2D eigenvalue weighted by molar-refractivity contribution is 0.593. The maximum Gasteiger partial charge on any atom is 0.255 e. The molecule has 0 fully saturated rings. The van der Waals surface area contributed by atoms with E-state index < -0.39 is 30.8 Å². The van der Waals surface area contributed by atoms with Gasteiger partial charge in [-0.2, -0.15) is 0 Å². The molecule has 0 aliphatic carbocycles. The summed E-state index contributed by atoms with van der Waals surface area (Å²) in [6.45, 7) is 0. The predicted molar refractivity (Wildman–Crippen MR) is 85.8 cm³/mol. The van der Waals surface area contributed by atoms with Gasteiger partial charge in [-0.1, -0.05) is 30.3 Å². The number of hydrogen-bond acceptors (Lipinski definition) is 4. The zero-order valence-corrected chi connectivity index (χ0v) is 13.3. The zero-order valence-electron chi connectivity index (χ0n) is 11.7. The molecule has 0 unspecified atom stereocenters. The standard InChI is InChI=1S/C14H13FN2O4S2/c15-13-10-12(23(16,20)21)6-7-14(13)17-22(18,19)9-8-11-4-2-1-3-5-11/h1-10,17H,(H2,16,20,21). The first kappa shape index (κ1) is 17.1. The fourth-order valence-electron chi connectivity index (χ4n) is 1.68. The van der Waals surface area contributed by atoms with Gasteiger partial charge in [0.25, 0.3) is 10.0 Å². The van der Waals surface area contributed by atoms with Crippen molar-refractivity contribution >= 4 is 31.8 Å². The average Bonchev–Trinajstić information content (AvgIpc) is 2.47. The minimum atomic E-state index is -4.06. The number of nitrogens with two attached hydrogens (primary N) is 1. The van der Waals surface area contributed by atoms with Crippen LogP contribution in [-0.2, 0) is 20.0 Å². The molecule has 0 amide bonds. The Morgan fingerprint density at radius 2 is 1.65 bits per heavy atom. The molecule has 0 heterocycles. The van der Waals surface area contributed by atoms with Gasteiger partial charge < -0.3 is 0 Å². The number of anilines is 1. The maximum atomic E-state index is 13.8. The summed E-state index contributed by atoms with van der Waals surface area (Å²) < 4.78 is 61.8. The van der Waals surface area contributed by atoms with Crippen LogP contribution in [0.15, 0.2) is 58.8 Å². The van der Waals surface area contributed by atoms with E-state index in [9.17, 15) is 21.2 Å². The lowest BCUT2D eigenvalue weighted by atomic mass is 10.2. The van der Waals surface area contributed by atoms with Crippen molar-refractivity contribution in [3.8, 4) is 0 Å². The molecule has 0 aliphatic rings. The molecule has 6 nitrogen and oxygen atoms in total. The van der Waals surface area contributed by atoms with Crippen LogP contribution < -0.4 is 9.86 Å². The highest BCUT2D eigenvalue weighted by molar-refractivity contribution is 7.95. The summed E-state index contributed by atoms with van der Waals surface area (Å²) in [4.78, 5) is -0.447. The largest absolute Gasteiger partial charge is 0.277 e. The van der Waals surface area contributed by atoms with E-state index in [1.165, 1.54) is 6.08 Å². The van der Waals surface area contributed by atoms with Crippen LogP contribution in [0.5, 0.6) is 0 Å². The van der Waals surface area contributed by atoms with Gasteiger partial charge in [0.05, 0.1) is 16.0 Å². The number of sulfonamides is 2. The van der Waals surface area contributed by atoms with Crippen molar-refractivity contribution < 1.29 is 21.2 Å². The van der Waals surface area contributed by atoms with Gasteiger partial charge >= 0.3 is 0 Å². The van der Waals surface area contributed by atoms with Gasteiger partial charge in [-0.15, -0.1) is 0 Å². The number of nitrogens with one attached hydrogen (secondary N) is 1. The first-order valence-corrected chi connectivity index (χ1v) is 9.35. The molecule has 0 aliphatic heterocycles. The van der Waals surface area contributed by atoms with Crippen molar-refractivity contribution in [3.63, 3.8) is 0 Å². The van der Waals surface area contributed by atoms with Crippen molar-refractivity contribution in [2.75, 3.05) is 4.72 Å². The third-order valence-corrected chi connectivity index (χ3v) is 4.67. The van der Waals surface area contributed by atoms with Crippen LogP contribution in [-0.4, -0.2) is 16.8 Å². The SMILES string of the molecule is NS(=O)(=O)c1ccc(NS(=O)(=O)C=Cc2ccccc2)c(F)c1.